The number of benzene rings is 2. The molecular formula is C22H19BrN6O3S2. The Labute approximate surface area is 212 Å². The number of halogens is 1. The lowest BCUT2D eigenvalue weighted by Gasteiger charge is -2.12. The van der Waals surface area contributed by atoms with Gasteiger partial charge in [0.1, 0.15) is 5.75 Å². The summed E-state index contributed by atoms with van der Waals surface area (Å²) in [4.78, 5) is 29.1. The molecule has 4 rings (SSSR count). The van der Waals surface area contributed by atoms with Crippen molar-refractivity contribution in [2.75, 3.05) is 18.2 Å². The Bertz CT molecular complexity index is 1280. The third-order valence-electron chi connectivity index (χ3n) is 4.55. The second-order valence-electron chi connectivity index (χ2n) is 6.77. The van der Waals surface area contributed by atoms with E-state index in [1.165, 1.54) is 30.2 Å². The van der Waals surface area contributed by atoms with Crippen LogP contribution in [0.5, 0.6) is 5.75 Å². The molecule has 0 radical (unpaired) electrons. The van der Waals surface area contributed by atoms with Crippen molar-refractivity contribution in [1.82, 2.24) is 25.1 Å². The van der Waals surface area contributed by atoms with E-state index in [4.69, 9.17) is 4.74 Å². The average Bonchev–Trinajstić information content (AvgIpc) is 3.51. The van der Waals surface area contributed by atoms with Gasteiger partial charge in [0.15, 0.2) is 16.1 Å². The first-order valence-electron chi connectivity index (χ1n) is 9.98. The number of nitrogens with one attached hydrogen (secondary N) is 2. The Morgan fingerprint density at radius 1 is 1.15 bits per heavy atom. The summed E-state index contributed by atoms with van der Waals surface area (Å²) in [6.45, 7) is 0.131. The number of anilines is 1. The molecule has 2 aromatic heterocycles. The number of ether oxygens (including phenoxy) is 1. The van der Waals surface area contributed by atoms with Crippen molar-refractivity contribution in [1.29, 1.82) is 0 Å². The van der Waals surface area contributed by atoms with Gasteiger partial charge >= 0.3 is 0 Å². The van der Waals surface area contributed by atoms with Gasteiger partial charge in [-0.25, -0.2) is 4.98 Å². The molecule has 0 aliphatic heterocycles. The van der Waals surface area contributed by atoms with Gasteiger partial charge in [0.2, 0.25) is 5.91 Å². The minimum absolute atomic E-state index is 0.127. The third-order valence-corrected chi connectivity index (χ3v) is 6.70. The SMILES string of the molecule is COc1ccccc1C(=O)NCc1nnc(SCC(=O)Nc2nccs2)n1-c1ccc(Br)cc1. The predicted molar refractivity (Wildman–Crippen MR) is 135 cm³/mol. The van der Waals surface area contributed by atoms with Crippen molar-refractivity contribution < 1.29 is 14.3 Å². The summed E-state index contributed by atoms with van der Waals surface area (Å²) < 4.78 is 8.01. The van der Waals surface area contributed by atoms with Crippen LogP contribution >= 0.6 is 39.0 Å². The monoisotopic (exact) mass is 558 g/mol. The minimum atomic E-state index is -0.292. The van der Waals surface area contributed by atoms with E-state index in [-0.39, 0.29) is 24.1 Å². The Morgan fingerprint density at radius 3 is 2.68 bits per heavy atom. The first kappa shape index (κ1) is 23.9. The van der Waals surface area contributed by atoms with Crippen molar-refractivity contribution in [2.24, 2.45) is 0 Å². The van der Waals surface area contributed by atoms with Gasteiger partial charge < -0.3 is 15.4 Å². The highest BCUT2D eigenvalue weighted by atomic mass is 79.9. The predicted octanol–water partition coefficient (Wildman–Crippen LogP) is 4.16. The van der Waals surface area contributed by atoms with Crippen LogP contribution in [0.3, 0.4) is 0 Å². The number of para-hydroxylation sites is 1. The highest BCUT2D eigenvalue weighted by molar-refractivity contribution is 9.10. The van der Waals surface area contributed by atoms with Crippen LogP contribution in [0.1, 0.15) is 16.2 Å². The highest BCUT2D eigenvalue weighted by Gasteiger charge is 2.18. The molecule has 0 saturated heterocycles. The number of rotatable bonds is 9. The van der Waals surface area contributed by atoms with Crippen molar-refractivity contribution >= 4 is 56.0 Å². The van der Waals surface area contributed by atoms with Crippen LogP contribution < -0.4 is 15.4 Å². The molecule has 4 aromatic rings. The highest BCUT2D eigenvalue weighted by Crippen LogP contribution is 2.24. The Morgan fingerprint density at radius 2 is 1.94 bits per heavy atom. The largest absolute Gasteiger partial charge is 0.496 e. The van der Waals surface area contributed by atoms with Crippen LogP contribution in [-0.4, -0.2) is 44.4 Å². The van der Waals surface area contributed by atoms with Gasteiger partial charge in [-0.3, -0.25) is 14.2 Å². The number of carbonyl (C=O) groups is 2. The molecule has 0 fully saturated rings. The van der Waals surface area contributed by atoms with Gasteiger partial charge in [0.25, 0.3) is 5.91 Å². The number of aromatic nitrogens is 4. The molecule has 2 amide bonds. The fraction of sp³-hybridized carbons (Fsp3) is 0.136. The normalized spacial score (nSPS) is 10.6. The number of methoxy groups -OCH3 is 1. The molecule has 0 saturated carbocycles. The van der Waals surface area contributed by atoms with Gasteiger partial charge in [-0.2, -0.15) is 0 Å². The van der Waals surface area contributed by atoms with Gasteiger partial charge in [-0.15, -0.1) is 21.5 Å². The van der Waals surface area contributed by atoms with Crippen molar-refractivity contribution in [3.05, 3.63) is 76.0 Å². The maximum Gasteiger partial charge on any atom is 0.255 e. The van der Waals surface area contributed by atoms with Gasteiger partial charge in [-0.05, 0) is 36.4 Å². The average molecular weight is 559 g/mol. The summed E-state index contributed by atoms with van der Waals surface area (Å²) >= 11 is 6.03. The molecule has 34 heavy (non-hydrogen) atoms. The van der Waals surface area contributed by atoms with Gasteiger partial charge in [0.05, 0.1) is 25.0 Å². The van der Waals surface area contributed by atoms with Crippen LogP contribution in [0, 0.1) is 0 Å². The number of carbonyl (C=O) groups excluding carboxylic acids is 2. The number of hydrogen-bond donors (Lipinski definition) is 2. The topological polar surface area (TPSA) is 111 Å². The fourth-order valence-electron chi connectivity index (χ4n) is 3.02. The van der Waals surface area contributed by atoms with E-state index < -0.39 is 0 Å². The zero-order chi connectivity index (χ0) is 23.9. The molecule has 9 nitrogen and oxygen atoms in total. The maximum absolute atomic E-state index is 12.7. The summed E-state index contributed by atoms with van der Waals surface area (Å²) in [6.07, 6.45) is 1.63. The number of nitrogens with zero attached hydrogens (tertiary/aromatic N) is 4. The maximum atomic E-state index is 12.7. The number of thiazole rings is 1. The van der Waals surface area contributed by atoms with E-state index in [2.05, 4.69) is 41.7 Å². The van der Waals surface area contributed by atoms with Crippen LogP contribution in [-0.2, 0) is 11.3 Å². The van der Waals surface area contributed by atoms with Crippen LogP contribution in [0.25, 0.3) is 5.69 Å². The molecule has 2 heterocycles. The second kappa shape index (κ2) is 11.3. The van der Waals surface area contributed by atoms with Crippen molar-refractivity contribution in [3.63, 3.8) is 0 Å². The lowest BCUT2D eigenvalue weighted by atomic mass is 10.2. The molecule has 12 heteroatoms. The minimum Gasteiger partial charge on any atom is -0.496 e. The summed E-state index contributed by atoms with van der Waals surface area (Å²) in [5.74, 6) is 0.642. The zero-order valence-corrected chi connectivity index (χ0v) is 21.1. The van der Waals surface area contributed by atoms with Crippen LogP contribution in [0.4, 0.5) is 5.13 Å². The molecule has 0 atom stereocenters. The Kier molecular flexibility index (Phi) is 7.93. The van der Waals surface area contributed by atoms with Gasteiger partial charge in [0, 0.05) is 21.7 Å². The molecule has 0 aliphatic carbocycles. The molecular weight excluding hydrogens is 540 g/mol. The quantitative estimate of drug-likeness (QED) is 0.297. The molecule has 0 bridgehead atoms. The Hall–Kier alpha value is -3.22. The molecule has 0 unspecified atom stereocenters. The summed E-state index contributed by atoms with van der Waals surface area (Å²) in [7, 11) is 1.52. The zero-order valence-electron chi connectivity index (χ0n) is 17.9. The number of amides is 2. The third kappa shape index (κ3) is 5.82. The van der Waals surface area contributed by atoms with Crippen LogP contribution in [0.2, 0.25) is 0 Å². The standard InChI is InChI=1S/C22H19BrN6O3S2/c1-32-17-5-3-2-4-16(17)20(31)25-12-18-27-28-22(29(18)15-8-6-14(23)7-9-15)34-13-19(30)26-21-24-10-11-33-21/h2-11H,12-13H2,1H3,(H,25,31)(H,24,26,30). The van der Waals surface area contributed by atoms with E-state index in [0.717, 1.165) is 10.2 Å². The number of hydrogen-bond acceptors (Lipinski definition) is 8. The second-order valence-corrected chi connectivity index (χ2v) is 9.52. The Balaban J connectivity index is 1.52. The summed E-state index contributed by atoms with van der Waals surface area (Å²) in [6, 6.07) is 14.6. The summed E-state index contributed by atoms with van der Waals surface area (Å²) in [5.41, 5.74) is 1.23. The lowest BCUT2D eigenvalue weighted by Crippen LogP contribution is -2.25. The first-order chi connectivity index (χ1) is 16.5. The van der Waals surface area contributed by atoms with E-state index in [1.54, 1.807) is 35.8 Å². The van der Waals surface area contributed by atoms with E-state index in [9.17, 15) is 9.59 Å². The molecule has 2 N–H and O–H groups in total. The van der Waals surface area contributed by atoms with Crippen molar-refractivity contribution in [3.8, 4) is 11.4 Å². The molecule has 0 aliphatic rings. The van der Waals surface area contributed by atoms with E-state index in [0.29, 0.717) is 27.4 Å². The van der Waals surface area contributed by atoms with Gasteiger partial charge in [-0.1, -0.05) is 39.8 Å². The lowest BCUT2D eigenvalue weighted by molar-refractivity contribution is -0.113. The first-order valence-corrected chi connectivity index (χ1v) is 12.6. The fourth-order valence-corrected chi connectivity index (χ4v) is 4.60. The smallest absolute Gasteiger partial charge is 0.255 e. The number of thioether (sulfide) groups is 1. The molecule has 0 spiro atoms. The van der Waals surface area contributed by atoms with Crippen molar-refractivity contribution in [2.45, 2.75) is 11.7 Å². The van der Waals surface area contributed by atoms with Crippen LogP contribution in [0.15, 0.2) is 69.7 Å². The molecule has 174 valence electrons. The van der Waals surface area contributed by atoms with E-state index in [1.807, 2.05) is 28.8 Å². The molecule has 2 aromatic carbocycles. The van der Waals surface area contributed by atoms with E-state index >= 15 is 0 Å². The summed E-state index contributed by atoms with van der Waals surface area (Å²) in [5, 5.41) is 17.0.